The van der Waals surface area contributed by atoms with E-state index in [9.17, 15) is 14.4 Å². The molecule has 0 saturated heterocycles. The van der Waals surface area contributed by atoms with Gasteiger partial charge in [0.2, 0.25) is 0 Å². The second kappa shape index (κ2) is 7.63. The van der Waals surface area contributed by atoms with Gasteiger partial charge in [-0.3, -0.25) is 9.59 Å². The summed E-state index contributed by atoms with van der Waals surface area (Å²) < 4.78 is 10.3. The van der Waals surface area contributed by atoms with E-state index in [1.807, 2.05) is 6.92 Å². The minimum absolute atomic E-state index is 0.136. The topological polar surface area (TPSA) is 72.9 Å². The van der Waals surface area contributed by atoms with E-state index in [1.165, 1.54) is 18.2 Å². The molecule has 7 heteroatoms. The molecule has 27 heavy (non-hydrogen) atoms. The van der Waals surface area contributed by atoms with Crippen LogP contribution < -0.4 is 9.64 Å². The summed E-state index contributed by atoms with van der Waals surface area (Å²) in [6, 6.07) is 10.9. The number of ether oxygens (including phenoxy) is 2. The average Bonchev–Trinajstić information content (AvgIpc) is 2.91. The summed E-state index contributed by atoms with van der Waals surface area (Å²) in [5.41, 5.74) is 0.953. The van der Waals surface area contributed by atoms with Gasteiger partial charge in [-0.05, 0) is 49.4 Å². The highest BCUT2D eigenvalue weighted by atomic mass is 35.5. The average molecular weight is 386 g/mol. The molecule has 0 spiro atoms. The van der Waals surface area contributed by atoms with Crippen molar-refractivity contribution in [3.8, 4) is 5.75 Å². The van der Waals surface area contributed by atoms with Gasteiger partial charge in [-0.1, -0.05) is 18.2 Å². The van der Waals surface area contributed by atoms with Crippen LogP contribution in [-0.4, -0.2) is 31.0 Å². The lowest BCUT2D eigenvalue weighted by atomic mass is 10.1. The van der Waals surface area contributed by atoms with Crippen molar-refractivity contribution in [2.45, 2.75) is 6.92 Å². The van der Waals surface area contributed by atoms with Crippen molar-refractivity contribution in [3.05, 3.63) is 70.8 Å². The Bertz CT molecular complexity index is 936. The number of fused-ring (bicyclic) bond motifs is 1. The first-order valence-corrected chi connectivity index (χ1v) is 8.56. The maximum Gasteiger partial charge on any atom is 0.338 e. The minimum atomic E-state index is -0.653. The van der Waals surface area contributed by atoms with E-state index < -0.39 is 17.8 Å². The Morgan fingerprint density at radius 2 is 1.74 bits per heavy atom. The van der Waals surface area contributed by atoms with Gasteiger partial charge in [0.05, 0.1) is 29.0 Å². The van der Waals surface area contributed by atoms with Crippen molar-refractivity contribution < 1.29 is 23.9 Å². The molecule has 1 aliphatic rings. The number of esters is 1. The van der Waals surface area contributed by atoms with Crippen LogP contribution in [0.2, 0.25) is 0 Å². The molecule has 0 aromatic heterocycles. The Hall–Kier alpha value is -3.12. The lowest BCUT2D eigenvalue weighted by Crippen LogP contribution is -2.29. The van der Waals surface area contributed by atoms with Crippen molar-refractivity contribution in [1.29, 1.82) is 0 Å². The molecule has 2 aromatic carbocycles. The predicted octanol–water partition coefficient (Wildman–Crippen LogP) is 3.80. The van der Waals surface area contributed by atoms with Crippen LogP contribution in [0.25, 0.3) is 0 Å². The van der Waals surface area contributed by atoms with Gasteiger partial charge in [0.15, 0.2) is 0 Å². The monoisotopic (exact) mass is 385 g/mol. The molecule has 0 unspecified atom stereocenters. The quantitative estimate of drug-likeness (QED) is 0.558. The predicted molar refractivity (Wildman–Crippen MR) is 100 cm³/mol. The molecular weight excluding hydrogens is 370 g/mol. The molecule has 0 bridgehead atoms. The van der Waals surface area contributed by atoms with Crippen molar-refractivity contribution in [1.82, 2.24) is 0 Å². The summed E-state index contributed by atoms with van der Waals surface area (Å²) in [6.45, 7) is 5.68. The van der Waals surface area contributed by atoms with Crippen LogP contribution in [0.3, 0.4) is 0 Å². The second-order valence-corrected chi connectivity index (χ2v) is 6.26. The number of amides is 2. The number of imide groups is 1. The lowest BCUT2D eigenvalue weighted by molar-refractivity contribution is 0.0546. The molecule has 6 nitrogen and oxygen atoms in total. The number of hydrogen-bond acceptors (Lipinski definition) is 5. The van der Waals surface area contributed by atoms with E-state index in [1.54, 1.807) is 24.3 Å². The highest BCUT2D eigenvalue weighted by Crippen LogP contribution is 2.30. The first kappa shape index (κ1) is 18.7. The van der Waals surface area contributed by atoms with Crippen LogP contribution in [0.15, 0.2) is 54.1 Å². The third kappa shape index (κ3) is 3.71. The van der Waals surface area contributed by atoms with E-state index in [-0.39, 0.29) is 28.3 Å². The van der Waals surface area contributed by atoms with Crippen molar-refractivity contribution >= 4 is 35.1 Å². The maximum atomic E-state index is 12.7. The van der Waals surface area contributed by atoms with Crippen LogP contribution in [0.4, 0.5) is 5.69 Å². The molecule has 0 radical (unpaired) electrons. The summed E-state index contributed by atoms with van der Waals surface area (Å²) >= 11 is 5.58. The molecule has 0 N–H and O–H groups in total. The Kier molecular flexibility index (Phi) is 5.28. The van der Waals surface area contributed by atoms with Crippen molar-refractivity contribution in [3.63, 3.8) is 0 Å². The number of nitrogens with zero attached hydrogens (tertiary/aromatic N) is 1. The van der Waals surface area contributed by atoms with Crippen LogP contribution >= 0.6 is 11.6 Å². The van der Waals surface area contributed by atoms with Gasteiger partial charge in [0.1, 0.15) is 12.4 Å². The van der Waals surface area contributed by atoms with Crippen LogP contribution in [0.5, 0.6) is 5.75 Å². The number of hydrogen-bond donors (Lipinski definition) is 0. The Morgan fingerprint density at radius 3 is 2.37 bits per heavy atom. The first-order valence-electron chi connectivity index (χ1n) is 8.18. The van der Waals surface area contributed by atoms with E-state index in [0.717, 1.165) is 4.90 Å². The fraction of sp³-hybridized carbons (Fsp3) is 0.150. The molecule has 0 aliphatic carbocycles. The summed E-state index contributed by atoms with van der Waals surface area (Å²) in [6.07, 6.45) is 0. The Balaban J connectivity index is 1.86. The van der Waals surface area contributed by atoms with Crippen LogP contribution in [0.1, 0.15) is 38.0 Å². The van der Waals surface area contributed by atoms with E-state index in [2.05, 4.69) is 6.58 Å². The molecule has 0 saturated carbocycles. The molecule has 2 aromatic rings. The number of benzene rings is 2. The molecular formula is C20H16ClNO5. The molecule has 138 valence electrons. The Morgan fingerprint density at radius 1 is 1.07 bits per heavy atom. The molecule has 0 fully saturated rings. The zero-order chi connectivity index (χ0) is 19.6. The van der Waals surface area contributed by atoms with Gasteiger partial charge >= 0.3 is 5.97 Å². The van der Waals surface area contributed by atoms with Gasteiger partial charge < -0.3 is 9.47 Å². The van der Waals surface area contributed by atoms with E-state index >= 15 is 0 Å². The number of carbonyl (C=O) groups is 3. The fourth-order valence-electron chi connectivity index (χ4n) is 2.69. The Labute approximate surface area is 160 Å². The normalized spacial score (nSPS) is 12.7. The van der Waals surface area contributed by atoms with Gasteiger partial charge in [-0.15, -0.1) is 0 Å². The zero-order valence-corrected chi connectivity index (χ0v) is 15.3. The number of halogens is 1. The third-order valence-electron chi connectivity index (χ3n) is 3.89. The zero-order valence-electron chi connectivity index (χ0n) is 14.5. The first-order chi connectivity index (χ1) is 12.9. The molecule has 1 heterocycles. The van der Waals surface area contributed by atoms with Gasteiger partial charge in [0.25, 0.3) is 11.8 Å². The van der Waals surface area contributed by atoms with Crippen molar-refractivity contribution in [2.24, 2.45) is 0 Å². The fourth-order valence-corrected chi connectivity index (χ4v) is 2.74. The largest absolute Gasteiger partial charge is 0.494 e. The summed E-state index contributed by atoms with van der Waals surface area (Å²) in [5.74, 6) is -0.966. The second-order valence-electron chi connectivity index (χ2n) is 5.73. The molecule has 3 rings (SSSR count). The van der Waals surface area contributed by atoms with Gasteiger partial charge in [-0.2, -0.15) is 0 Å². The number of carbonyl (C=O) groups excluding carboxylic acids is 3. The minimum Gasteiger partial charge on any atom is -0.494 e. The van der Waals surface area contributed by atoms with E-state index in [0.29, 0.717) is 18.0 Å². The lowest BCUT2D eigenvalue weighted by Gasteiger charge is -2.14. The van der Waals surface area contributed by atoms with Gasteiger partial charge in [0, 0.05) is 5.03 Å². The third-order valence-corrected chi connectivity index (χ3v) is 4.00. The number of anilines is 1. The van der Waals surface area contributed by atoms with Crippen LogP contribution in [0, 0.1) is 0 Å². The molecule has 1 aliphatic heterocycles. The summed E-state index contributed by atoms with van der Waals surface area (Å²) in [5, 5.41) is 0.178. The highest BCUT2D eigenvalue weighted by Gasteiger charge is 2.37. The van der Waals surface area contributed by atoms with E-state index in [4.69, 9.17) is 21.1 Å². The molecule has 0 atom stereocenters. The SMILES string of the molecule is C=C(Cl)COC(=O)c1ccc2c(c1)C(=O)N(c1ccc(OCC)cc1)C2=O. The summed E-state index contributed by atoms with van der Waals surface area (Å²) in [7, 11) is 0. The maximum absolute atomic E-state index is 12.7. The number of rotatable bonds is 6. The summed E-state index contributed by atoms with van der Waals surface area (Å²) in [4.78, 5) is 38.5. The van der Waals surface area contributed by atoms with Crippen LogP contribution in [-0.2, 0) is 4.74 Å². The van der Waals surface area contributed by atoms with Gasteiger partial charge in [-0.25, -0.2) is 9.69 Å². The molecule has 2 amide bonds. The standard InChI is InChI=1S/C20H16ClNO5/c1-3-26-15-7-5-14(6-8-15)22-18(23)16-9-4-13(10-17(16)19(22)24)20(25)27-11-12(2)21/h4-10H,2-3,11H2,1H3. The highest BCUT2D eigenvalue weighted by molar-refractivity contribution is 6.34. The van der Waals surface area contributed by atoms with Crippen molar-refractivity contribution in [2.75, 3.05) is 18.1 Å². The smallest absolute Gasteiger partial charge is 0.338 e.